The highest BCUT2D eigenvalue weighted by Gasteiger charge is 2.37. The topological polar surface area (TPSA) is 72.6 Å². The predicted molar refractivity (Wildman–Crippen MR) is 75.0 cm³/mol. The van der Waals surface area contributed by atoms with E-state index in [2.05, 4.69) is 5.16 Å². The normalized spacial score (nSPS) is 20.0. The van der Waals surface area contributed by atoms with E-state index in [4.69, 9.17) is 9.26 Å². The van der Waals surface area contributed by atoms with Crippen molar-refractivity contribution in [3.63, 3.8) is 0 Å². The number of aromatic nitrogens is 1. The molecule has 1 unspecified atom stereocenters. The summed E-state index contributed by atoms with van der Waals surface area (Å²) in [5.74, 6) is 0.302. The quantitative estimate of drug-likeness (QED) is 0.867. The highest BCUT2D eigenvalue weighted by Crippen LogP contribution is 2.30. The lowest BCUT2D eigenvalue weighted by Gasteiger charge is -2.14. The molecule has 112 valence electrons. The molecule has 0 saturated carbocycles. The maximum atomic E-state index is 12.7. The molecule has 6 nitrogen and oxygen atoms in total. The molecule has 3 rings (SSSR count). The average Bonchev–Trinajstić information content (AvgIpc) is 3.08. The lowest BCUT2D eigenvalue weighted by Crippen LogP contribution is -2.29. The second-order valence-corrected chi connectivity index (χ2v) is 6.86. The molecule has 1 saturated heterocycles. The number of rotatable bonds is 3. The third-order valence-electron chi connectivity index (χ3n) is 3.53. The standard InChI is InChI=1S/C14H16N2O4S/c1-10-14(11(2)20-15-10)21(17,18)16-8-13(19-9-16)12-6-4-3-5-7-12/h3-7,13H,8-9H2,1-2H3. The Morgan fingerprint density at radius 3 is 2.57 bits per heavy atom. The number of benzene rings is 1. The zero-order chi connectivity index (χ0) is 15.0. The smallest absolute Gasteiger partial charge is 0.250 e. The largest absolute Gasteiger partial charge is 0.360 e. The molecule has 7 heteroatoms. The summed E-state index contributed by atoms with van der Waals surface area (Å²) in [5, 5.41) is 3.71. The van der Waals surface area contributed by atoms with Crippen LogP contribution in [0.5, 0.6) is 0 Å². The first-order valence-corrected chi connectivity index (χ1v) is 8.03. The van der Waals surface area contributed by atoms with Gasteiger partial charge in [-0.15, -0.1) is 0 Å². The van der Waals surface area contributed by atoms with Crippen LogP contribution in [0.3, 0.4) is 0 Å². The molecule has 1 aliphatic rings. The highest BCUT2D eigenvalue weighted by molar-refractivity contribution is 7.89. The van der Waals surface area contributed by atoms with Crippen molar-refractivity contribution in [1.29, 1.82) is 0 Å². The molecule has 0 spiro atoms. The molecule has 2 aromatic rings. The van der Waals surface area contributed by atoms with Crippen LogP contribution in [0.4, 0.5) is 0 Å². The number of aryl methyl sites for hydroxylation is 2. The van der Waals surface area contributed by atoms with Gasteiger partial charge in [-0.2, -0.15) is 4.31 Å². The first kappa shape index (κ1) is 14.2. The zero-order valence-corrected chi connectivity index (χ0v) is 12.6. The number of hydrogen-bond acceptors (Lipinski definition) is 5. The maximum absolute atomic E-state index is 12.7. The minimum Gasteiger partial charge on any atom is -0.360 e. The van der Waals surface area contributed by atoms with Gasteiger partial charge in [0.25, 0.3) is 10.0 Å². The van der Waals surface area contributed by atoms with Crippen molar-refractivity contribution in [1.82, 2.24) is 9.46 Å². The van der Waals surface area contributed by atoms with Crippen LogP contribution in [-0.2, 0) is 14.8 Å². The van der Waals surface area contributed by atoms with Gasteiger partial charge in [0.2, 0.25) is 0 Å². The molecular weight excluding hydrogens is 292 g/mol. The Morgan fingerprint density at radius 1 is 1.24 bits per heavy atom. The summed E-state index contributed by atoms with van der Waals surface area (Å²) in [6, 6.07) is 9.58. The minimum atomic E-state index is -3.65. The monoisotopic (exact) mass is 308 g/mol. The second kappa shape index (κ2) is 5.25. The van der Waals surface area contributed by atoms with Crippen LogP contribution in [-0.4, -0.2) is 31.2 Å². The fourth-order valence-corrected chi connectivity index (χ4v) is 4.07. The van der Waals surface area contributed by atoms with E-state index in [9.17, 15) is 8.42 Å². The summed E-state index contributed by atoms with van der Waals surface area (Å²) >= 11 is 0. The Hall–Kier alpha value is -1.70. The van der Waals surface area contributed by atoms with E-state index in [0.29, 0.717) is 11.5 Å². The highest BCUT2D eigenvalue weighted by atomic mass is 32.2. The molecule has 2 heterocycles. The summed E-state index contributed by atoms with van der Waals surface area (Å²) in [7, 11) is -3.65. The van der Waals surface area contributed by atoms with E-state index in [0.717, 1.165) is 5.56 Å². The van der Waals surface area contributed by atoms with Crippen molar-refractivity contribution in [2.24, 2.45) is 0 Å². The fraction of sp³-hybridized carbons (Fsp3) is 0.357. The van der Waals surface area contributed by atoms with Crippen LogP contribution in [0.2, 0.25) is 0 Å². The molecule has 0 bridgehead atoms. The van der Waals surface area contributed by atoms with E-state index < -0.39 is 10.0 Å². The molecule has 1 aromatic carbocycles. The summed E-state index contributed by atoms with van der Waals surface area (Å²) < 4.78 is 37.2. The predicted octanol–water partition coefficient (Wildman–Crippen LogP) is 2.01. The molecule has 1 aromatic heterocycles. The van der Waals surface area contributed by atoms with Crippen molar-refractivity contribution >= 4 is 10.0 Å². The van der Waals surface area contributed by atoms with Gasteiger partial charge in [0.1, 0.15) is 17.3 Å². The second-order valence-electron chi connectivity index (χ2n) is 4.99. The fourth-order valence-electron chi connectivity index (χ4n) is 2.47. The van der Waals surface area contributed by atoms with Crippen molar-refractivity contribution in [2.75, 3.05) is 13.3 Å². The molecule has 0 amide bonds. The molecule has 1 aliphatic heterocycles. The van der Waals surface area contributed by atoms with Crippen LogP contribution in [0.25, 0.3) is 0 Å². The van der Waals surface area contributed by atoms with Crippen LogP contribution in [0, 0.1) is 13.8 Å². The summed E-state index contributed by atoms with van der Waals surface area (Å²) in [6.07, 6.45) is -0.249. The first-order valence-electron chi connectivity index (χ1n) is 6.59. The van der Waals surface area contributed by atoms with Crippen molar-refractivity contribution in [2.45, 2.75) is 24.8 Å². The third-order valence-corrected chi connectivity index (χ3v) is 5.56. The van der Waals surface area contributed by atoms with Gasteiger partial charge in [-0.25, -0.2) is 8.42 Å². The third kappa shape index (κ3) is 2.48. The molecule has 1 fully saturated rings. The number of nitrogens with zero attached hydrogens (tertiary/aromatic N) is 2. The van der Waals surface area contributed by atoms with E-state index in [1.54, 1.807) is 13.8 Å². The van der Waals surface area contributed by atoms with Gasteiger partial charge in [0.15, 0.2) is 5.76 Å². The van der Waals surface area contributed by atoms with Gasteiger partial charge < -0.3 is 9.26 Å². The Balaban J connectivity index is 1.86. The lowest BCUT2D eigenvalue weighted by atomic mass is 10.1. The van der Waals surface area contributed by atoms with Gasteiger partial charge in [-0.05, 0) is 19.4 Å². The molecule has 0 aliphatic carbocycles. The van der Waals surface area contributed by atoms with Crippen LogP contribution >= 0.6 is 0 Å². The van der Waals surface area contributed by atoms with Crippen molar-refractivity contribution < 1.29 is 17.7 Å². The molecule has 1 atom stereocenters. The first-order chi connectivity index (χ1) is 10.00. The Labute approximate surface area is 123 Å². The van der Waals surface area contributed by atoms with Crippen molar-refractivity contribution in [3.05, 3.63) is 47.3 Å². The van der Waals surface area contributed by atoms with E-state index in [1.807, 2.05) is 30.3 Å². The van der Waals surface area contributed by atoms with E-state index in [1.165, 1.54) is 4.31 Å². The molecule has 0 N–H and O–H groups in total. The lowest BCUT2D eigenvalue weighted by molar-refractivity contribution is 0.104. The minimum absolute atomic E-state index is 0.0337. The van der Waals surface area contributed by atoms with Crippen LogP contribution < -0.4 is 0 Å². The van der Waals surface area contributed by atoms with Crippen LogP contribution in [0.1, 0.15) is 23.1 Å². The van der Waals surface area contributed by atoms with E-state index >= 15 is 0 Å². The van der Waals surface area contributed by atoms with Crippen LogP contribution in [0.15, 0.2) is 39.8 Å². The average molecular weight is 308 g/mol. The number of ether oxygens (including phenoxy) is 1. The number of sulfonamides is 1. The zero-order valence-electron chi connectivity index (χ0n) is 11.8. The summed E-state index contributed by atoms with van der Waals surface area (Å²) in [6.45, 7) is 3.54. The Kier molecular flexibility index (Phi) is 3.56. The van der Waals surface area contributed by atoms with Gasteiger partial charge >= 0.3 is 0 Å². The maximum Gasteiger partial charge on any atom is 0.250 e. The van der Waals surface area contributed by atoms with Crippen molar-refractivity contribution in [3.8, 4) is 0 Å². The van der Waals surface area contributed by atoms with Gasteiger partial charge in [0.05, 0.1) is 6.10 Å². The molecule has 21 heavy (non-hydrogen) atoms. The SMILES string of the molecule is Cc1noc(C)c1S(=O)(=O)N1COC(c2ccccc2)C1. The summed E-state index contributed by atoms with van der Waals surface area (Å²) in [5.41, 5.74) is 1.34. The van der Waals surface area contributed by atoms with Gasteiger partial charge in [-0.3, -0.25) is 0 Å². The van der Waals surface area contributed by atoms with Gasteiger partial charge in [0, 0.05) is 6.54 Å². The summed E-state index contributed by atoms with van der Waals surface area (Å²) in [4.78, 5) is 0.139. The Morgan fingerprint density at radius 2 is 1.95 bits per heavy atom. The van der Waals surface area contributed by atoms with E-state index in [-0.39, 0.29) is 24.3 Å². The Bertz CT molecular complexity index is 720. The number of hydrogen-bond donors (Lipinski definition) is 0. The van der Waals surface area contributed by atoms with Gasteiger partial charge in [-0.1, -0.05) is 35.5 Å². The molecular formula is C14H16N2O4S. The molecule has 0 radical (unpaired) electrons.